The molecule has 9 nitrogen and oxygen atoms in total. The molecule has 0 radical (unpaired) electrons. The summed E-state index contributed by atoms with van der Waals surface area (Å²) in [5, 5.41) is 4.85. The first-order valence-corrected chi connectivity index (χ1v) is 12.9. The smallest absolute Gasteiger partial charge is 0.409 e. The van der Waals surface area contributed by atoms with E-state index in [1.165, 1.54) is 0 Å². The molecule has 4 heterocycles. The summed E-state index contributed by atoms with van der Waals surface area (Å²) in [6.07, 6.45) is 5.54. The molecule has 0 bridgehead atoms. The van der Waals surface area contributed by atoms with E-state index in [1.54, 1.807) is 11.1 Å². The van der Waals surface area contributed by atoms with Gasteiger partial charge in [-0.25, -0.2) is 19.7 Å². The molecule has 5 rings (SSSR count). The molecule has 2 saturated heterocycles. The number of piperazine rings is 1. The number of piperidine rings is 1. The van der Waals surface area contributed by atoms with Gasteiger partial charge in [-0.1, -0.05) is 29.8 Å². The van der Waals surface area contributed by atoms with E-state index in [0.717, 1.165) is 48.2 Å². The number of amides is 1. The molecule has 0 aliphatic carbocycles. The minimum atomic E-state index is -0.211. The summed E-state index contributed by atoms with van der Waals surface area (Å²) >= 11 is 6.25. The van der Waals surface area contributed by atoms with Gasteiger partial charge in [0.1, 0.15) is 5.82 Å². The van der Waals surface area contributed by atoms with Crippen LogP contribution in [0.25, 0.3) is 10.9 Å². The van der Waals surface area contributed by atoms with E-state index in [9.17, 15) is 4.79 Å². The van der Waals surface area contributed by atoms with Crippen molar-refractivity contribution in [2.75, 3.05) is 63.1 Å². The number of aromatic nitrogens is 3. The van der Waals surface area contributed by atoms with Gasteiger partial charge in [0, 0.05) is 50.1 Å². The lowest BCUT2D eigenvalue weighted by Crippen LogP contribution is -2.49. The minimum Gasteiger partial charge on any atom is -0.449 e. The highest BCUT2D eigenvalue weighted by Crippen LogP contribution is 2.25. The van der Waals surface area contributed by atoms with Gasteiger partial charge in [0.05, 0.1) is 17.5 Å². The molecule has 1 aromatic carbocycles. The average molecular weight is 510 g/mol. The Morgan fingerprint density at radius 3 is 2.64 bits per heavy atom. The molecule has 2 aliphatic rings. The third kappa shape index (κ3) is 5.79. The fourth-order valence-corrected chi connectivity index (χ4v) is 4.91. The second-order valence-electron chi connectivity index (χ2n) is 9.50. The average Bonchev–Trinajstić information content (AvgIpc) is 2.92. The molecular formula is C26H32ClN7O2. The Bertz CT molecular complexity index is 1190. The zero-order valence-corrected chi connectivity index (χ0v) is 21.3. The molecule has 36 heavy (non-hydrogen) atoms. The van der Waals surface area contributed by atoms with Crippen molar-refractivity contribution in [1.82, 2.24) is 24.8 Å². The van der Waals surface area contributed by atoms with Crippen LogP contribution >= 0.6 is 11.6 Å². The maximum Gasteiger partial charge on any atom is 0.409 e. The van der Waals surface area contributed by atoms with Crippen LogP contribution in [0.1, 0.15) is 18.4 Å². The van der Waals surface area contributed by atoms with Crippen LogP contribution in [-0.4, -0.2) is 83.8 Å². The monoisotopic (exact) mass is 509 g/mol. The van der Waals surface area contributed by atoms with Gasteiger partial charge in [-0.05, 0) is 56.6 Å². The van der Waals surface area contributed by atoms with Crippen LogP contribution in [0.4, 0.5) is 16.6 Å². The number of carbonyl (C=O) groups excluding carboxylic acids is 1. The van der Waals surface area contributed by atoms with Crippen molar-refractivity contribution in [3.05, 3.63) is 53.3 Å². The number of hydrogen-bond donors (Lipinski definition) is 1. The Kier molecular flexibility index (Phi) is 7.67. The van der Waals surface area contributed by atoms with Crippen molar-refractivity contribution in [2.45, 2.75) is 19.4 Å². The Balaban J connectivity index is 1.17. The van der Waals surface area contributed by atoms with Crippen LogP contribution in [0.15, 0.2) is 42.7 Å². The number of likely N-dealkylation sites (tertiary alicyclic amines) is 1. The number of ether oxygens (including phenoxy) is 1. The first-order valence-electron chi connectivity index (χ1n) is 12.5. The van der Waals surface area contributed by atoms with Crippen LogP contribution in [0.2, 0.25) is 5.02 Å². The number of rotatable bonds is 6. The number of fused-ring (bicyclic) bond motifs is 1. The summed E-state index contributed by atoms with van der Waals surface area (Å²) in [7, 11) is 2.14. The molecule has 0 atom stereocenters. The largest absolute Gasteiger partial charge is 0.449 e. The molecule has 2 aromatic heterocycles. The first-order chi connectivity index (χ1) is 17.6. The van der Waals surface area contributed by atoms with E-state index < -0.39 is 0 Å². The molecule has 10 heteroatoms. The lowest BCUT2D eigenvalue weighted by atomic mass is 9.98. The van der Waals surface area contributed by atoms with Crippen LogP contribution in [0.5, 0.6) is 0 Å². The van der Waals surface area contributed by atoms with Crippen molar-refractivity contribution in [1.29, 1.82) is 0 Å². The Morgan fingerprint density at radius 1 is 1.08 bits per heavy atom. The molecule has 1 N–H and O–H groups in total. The number of nitrogens with zero attached hydrogens (tertiary/aromatic N) is 6. The predicted octanol–water partition coefficient (Wildman–Crippen LogP) is 3.89. The highest BCUT2D eigenvalue weighted by molar-refractivity contribution is 6.31. The lowest BCUT2D eigenvalue weighted by Gasteiger charge is -2.35. The molecule has 190 valence electrons. The van der Waals surface area contributed by atoms with Crippen molar-refractivity contribution < 1.29 is 9.53 Å². The van der Waals surface area contributed by atoms with Gasteiger partial charge in [-0.15, -0.1) is 0 Å². The quantitative estimate of drug-likeness (QED) is 0.535. The molecule has 1 amide bonds. The van der Waals surface area contributed by atoms with Gasteiger partial charge in [-0.2, -0.15) is 0 Å². The Morgan fingerprint density at radius 2 is 1.86 bits per heavy atom. The summed E-state index contributed by atoms with van der Waals surface area (Å²) in [5.41, 5.74) is 1.80. The van der Waals surface area contributed by atoms with Gasteiger partial charge in [0.2, 0.25) is 5.95 Å². The van der Waals surface area contributed by atoms with Crippen LogP contribution < -0.4 is 10.2 Å². The van der Waals surface area contributed by atoms with Gasteiger partial charge in [-0.3, -0.25) is 0 Å². The maximum absolute atomic E-state index is 12.6. The van der Waals surface area contributed by atoms with Crippen LogP contribution in [0.3, 0.4) is 0 Å². The van der Waals surface area contributed by atoms with E-state index in [2.05, 4.69) is 37.1 Å². The number of hydrogen-bond acceptors (Lipinski definition) is 8. The van der Waals surface area contributed by atoms with Crippen LogP contribution in [0, 0.1) is 5.92 Å². The van der Waals surface area contributed by atoms with E-state index >= 15 is 0 Å². The first kappa shape index (κ1) is 24.5. The van der Waals surface area contributed by atoms with Crippen molar-refractivity contribution >= 4 is 40.4 Å². The van der Waals surface area contributed by atoms with Gasteiger partial charge in [0.15, 0.2) is 0 Å². The van der Waals surface area contributed by atoms with Gasteiger partial charge >= 0.3 is 6.09 Å². The third-order valence-corrected chi connectivity index (χ3v) is 7.37. The maximum atomic E-state index is 12.6. The number of halogens is 1. The summed E-state index contributed by atoms with van der Waals surface area (Å²) in [6.45, 7) is 5.76. The molecule has 0 saturated carbocycles. The summed E-state index contributed by atoms with van der Waals surface area (Å²) in [4.78, 5) is 32.7. The van der Waals surface area contributed by atoms with Crippen molar-refractivity contribution in [2.24, 2.45) is 5.92 Å². The fraction of sp³-hybridized carbons (Fsp3) is 0.462. The number of carbonyl (C=O) groups is 1. The number of nitrogens with one attached hydrogen (secondary N) is 1. The van der Waals surface area contributed by atoms with E-state index in [0.29, 0.717) is 56.2 Å². The molecule has 0 unspecified atom stereocenters. The van der Waals surface area contributed by atoms with Crippen molar-refractivity contribution in [3.63, 3.8) is 0 Å². The SMILES string of the molecule is CN1CCC(COC(=O)N2CCN(c3nccc4nc(NCc5ccccc5Cl)ncc34)CC2)CC1. The summed E-state index contributed by atoms with van der Waals surface area (Å²) < 4.78 is 5.64. The Hall–Kier alpha value is -3.17. The zero-order chi connectivity index (χ0) is 24.9. The second kappa shape index (κ2) is 11.3. The number of anilines is 2. The number of benzene rings is 1. The minimum absolute atomic E-state index is 0.211. The molecule has 2 fully saturated rings. The molecule has 2 aliphatic heterocycles. The van der Waals surface area contributed by atoms with E-state index in [4.69, 9.17) is 16.3 Å². The summed E-state index contributed by atoms with van der Waals surface area (Å²) in [5.74, 6) is 1.84. The summed E-state index contributed by atoms with van der Waals surface area (Å²) in [6, 6.07) is 9.59. The van der Waals surface area contributed by atoms with E-state index in [-0.39, 0.29) is 6.09 Å². The normalized spacial score (nSPS) is 17.4. The van der Waals surface area contributed by atoms with Crippen molar-refractivity contribution in [3.8, 4) is 0 Å². The topological polar surface area (TPSA) is 86.7 Å². The third-order valence-electron chi connectivity index (χ3n) is 7.00. The number of pyridine rings is 1. The van der Waals surface area contributed by atoms with E-state index in [1.807, 2.05) is 36.5 Å². The van der Waals surface area contributed by atoms with Crippen LogP contribution in [-0.2, 0) is 11.3 Å². The highest BCUT2D eigenvalue weighted by Gasteiger charge is 2.25. The lowest BCUT2D eigenvalue weighted by molar-refractivity contribution is 0.0715. The van der Waals surface area contributed by atoms with Gasteiger partial charge in [0.25, 0.3) is 0 Å². The highest BCUT2D eigenvalue weighted by atomic mass is 35.5. The molecule has 0 spiro atoms. The molecular weight excluding hydrogens is 478 g/mol. The zero-order valence-electron chi connectivity index (χ0n) is 20.6. The fourth-order valence-electron chi connectivity index (χ4n) is 4.71. The van der Waals surface area contributed by atoms with Gasteiger partial charge < -0.3 is 24.8 Å². The second-order valence-corrected chi connectivity index (χ2v) is 9.91. The predicted molar refractivity (Wildman–Crippen MR) is 141 cm³/mol. The Labute approximate surface area is 216 Å². The standard InChI is InChI=1S/C26H32ClN7O2/c1-32-10-7-19(8-11-32)18-36-26(35)34-14-12-33(13-15-34)24-21-17-30-25(31-23(21)6-9-28-24)29-16-20-4-2-3-5-22(20)27/h2-6,9,17,19H,7-8,10-16,18H2,1H3,(H,29,30,31). The molecule has 3 aromatic rings.